The van der Waals surface area contributed by atoms with Gasteiger partial charge in [-0.2, -0.15) is 4.31 Å². The molecular formula is C10H13FN4O4S. The number of benzene rings is 1. The zero-order valence-electron chi connectivity index (χ0n) is 10.2. The van der Waals surface area contributed by atoms with E-state index in [1.807, 2.05) is 0 Å². The zero-order chi connectivity index (χ0) is 15.5. The van der Waals surface area contributed by atoms with Gasteiger partial charge in [0.15, 0.2) is 0 Å². The van der Waals surface area contributed by atoms with E-state index < -0.39 is 45.6 Å². The van der Waals surface area contributed by atoms with Gasteiger partial charge in [0.05, 0.1) is 18.8 Å². The van der Waals surface area contributed by atoms with Gasteiger partial charge in [0.25, 0.3) is 0 Å². The maximum atomic E-state index is 12.9. The molecule has 0 spiro atoms. The highest BCUT2D eigenvalue weighted by molar-refractivity contribution is 7.89. The van der Waals surface area contributed by atoms with E-state index in [-0.39, 0.29) is 5.69 Å². The average Bonchev–Trinajstić information content (AvgIpc) is 2.26. The number of nitrogen functional groups attached to an aromatic ring is 1. The molecule has 0 bridgehead atoms. The molecule has 0 aliphatic rings. The summed E-state index contributed by atoms with van der Waals surface area (Å²) >= 11 is 0. The number of hydrogen-bond donors (Lipinski definition) is 3. The van der Waals surface area contributed by atoms with Crippen LogP contribution in [0.1, 0.15) is 0 Å². The second-order valence-corrected chi connectivity index (χ2v) is 5.79. The van der Waals surface area contributed by atoms with Gasteiger partial charge >= 0.3 is 0 Å². The molecule has 1 rings (SSSR count). The quantitative estimate of drug-likeness (QED) is 0.539. The van der Waals surface area contributed by atoms with Crippen LogP contribution in [0.2, 0.25) is 0 Å². The summed E-state index contributed by atoms with van der Waals surface area (Å²) in [5.41, 5.74) is 14.9. The minimum atomic E-state index is -4.30. The second kappa shape index (κ2) is 5.84. The van der Waals surface area contributed by atoms with E-state index in [9.17, 15) is 22.4 Å². The second-order valence-electron chi connectivity index (χ2n) is 3.89. The molecular weight excluding hydrogens is 291 g/mol. The number of nitrogens with zero attached hydrogens (tertiary/aromatic N) is 1. The molecule has 0 radical (unpaired) electrons. The van der Waals surface area contributed by atoms with Crippen LogP contribution in [0.4, 0.5) is 10.1 Å². The molecule has 110 valence electrons. The third-order valence-electron chi connectivity index (χ3n) is 2.25. The number of rotatable bonds is 6. The molecule has 0 unspecified atom stereocenters. The minimum absolute atomic E-state index is 0.357. The first-order valence-corrected chi connectivity index (χ1v) is 6.70. The Bertz CT molecular complexity index is 631. The zero-order valence-corrected chi connectivity index (χ0v) is 11.1. The summed E-state index contributed by atoms with van der Waals surface area (Å²) in [6, 6.07) is 2.62. The number of carbonyl (C=O) groups is 2. The van der Waals surface area contributed by atoms with Crippen molar-refractivity contribution in [3.05, 3.63) is 24.0 Å². The van der Waals surface area contributed by atoms with Gasteiger partial charge in [-0.15, -0.1) is 0 Å². The maximum absolute atomic E-state index is 12.9. The molecule has 6 N–H and O–H groups in total. The van der Waals surface area contributed by atoms with Gasteiger partial charge in [-0.25, -0.2) is 12.8 Å². The van der Waals surface area contributed by atoms with Crippen molar-refractivity contribution in [2.24, 2.45) is 11.5 Å². The lowest BCUT2D eigenvalue weighted by Crippen LogP contribution is -2.43. The predicted octanol–water partition coefficient (Wildman–Crippen LogP) is -1.63. The van der Waals surface area contributed by atoms with E-state index in [0.29, 0.717) is 4.31 Å². The lowest BCUT2D eigenvalue weighted by molar-refractivity contribution is -0.120. The number of amides is 2. The van der Waals surface area contributed by atoms with Crippen LogP contribution in [-0.4, -0.2) is 37.6 Å². The fourth-order valence-corrected chi connectivity index (χ4v) is 2.94. The largest absolute Gasteiger partial charge is 0.398 e. The first-order valence-electron chi connectivity index (χ1n) is 5.26. The highest BCUT2D eigenvalue weighted by atomic mass is 32.2. The standard InChI is InChI=1S/C10H13FN4O4S/c11-6-1-2-8(7(12)3-6)20(18,19)15(4-9(13)16)5-10(14)17/h1-3H,4-5,12H2,(H2,13,16)(H2,14,17). The molecule has 0 atom stereocenters. The fourth-order valence-electron chi connectivity index (χ4n) is 1.47. The Balaban J connectivity index is 3.28. The Kier molecular flexibility index (Phi) is 4.63. The molecule has 8 nitrogen and oxygen atoms in total. The van der Waals surface area contributed by atoms with Crippen molar-refractivity contribution in [1.29, 1.82) is 0 Å². The summed E-state index contributed by atoms with van der Waals surface area (Å²) in [5.74, 6) is -2.68. The predicted molar refractivity (Wildman–Crippen MR) is 68.0 cm³/mol. The van der Waals surface area contributed by atoms with E-state index in [1.165, 1.54) is 0 Å². The van der Waals surface area contributed by atoms with E-state index in [4.69, 9.17) is 17.2 Å². The van der Waals surface area contributed by atoms with Crippen LogP contribution in [0.5, 0.6) is 0 Å². The highest BCUT2D eigenvalue weighted by Crippen LogP contribution is 2.22. The van der Waals surface area contributed by atoms with Crippen molar-refractivity contribution in [3.8, 4) is 0 Å². The summed E-state index contributed by atoms with van der Waals surface area (Å²) in [7, 11) is -4.30. The minimum Gasteiger partial charge on any atom is -0.398 e. The topological polar surface area (TPSA) is 150 Å². The smallest absolute Gasteiger partial charge is 0.246 e. The normalized spacial score (nSPS) is 11.5. The van der Waals surface area contributed by atoms with Crippen molar-refractivity contribution < 1.29 is 22.4 Å². The summed E-state index contributed by atoms with van der Waals surface area (Å²) in [5, 5.41) is 0. The van der Waals surface area contributed by atoms with Crippen molar-refractivity contribution >= 4 is 27.5 Å². The lowest BCUT2D eigenvalue weighted by Gasteiger charge is -2.20. The third kappa shape index (κ3) is 3.65. The third-order valence-corrected chi connectivity index (χ3v) is 4.12. The number of anilines is 1. The van der Waals surface area contributed by atoms with Crippen LogP contribution < -0.4 is 17.2 Å². The van der Waals surface area contributed by atoms with Crippen LogP contribution in [0.25, 0.3) is 0 Å². The van der Waals surface area contributed by atoms with Crippen LogP contribution >= 0.6 is 0 Å². The van der Waals surface area contributed by atoms with Crippen molar-refractivity contribution in [3.63, 3.8) is 0 Å². The van der Waals surface area contributed by atoms with Gasteiger partial charge in [-0.05, 0) is 18.2 Å². The Morgan fingerprint density at radius 2 is 1.65 bits per heavy atom. The van der Waals surface area contributed by atoms with Gasteiger partial charge in [-0.3, -0.25) is 9.59 Å². The SMILES string of the molecule is NC(=O)CN(CC(N)=O)S(=O)(=O)c1ccc(F)cc1N. The summed E-state index contributed by atoms with van der Waals surface area (Å²) in [4.78, 5) is 21.3. The Morgan fingerprint density at radius 3 is 2.05 bits per heavy atom. The number of nitrogens with two attached hydrogens (primary N) is 3. The van der Waals surface area contributed by atoms with Crippen LogP contribution in [-0.2, 0) is 19.6 Å². The van der Waals surface area contributed by atoms with Crippen LogP contribution in [0.15, 0.2) is 23.1 Å². The molecule has 10 heteroatoms. The van der Waals surface area contributed by atoms with Gasteiger partial charge in [0.1, 0.15) is 10.7 Å². The van der Waals surface area contributed by atoms with Gasteiger partial charge < -0.3 is 17.2 Å². The summed E-state index contributed by atoms with van der Waals surface area (Å²) < 4.78 is 37.9. The molecule has 20 heavy (non-hydrogen) atoms. The van der Waals surface area contributed by atoms with Crippen LogP contribution in [0.3, 0.4) is 0 Å². The van der Waals surface area contributed by atoms with Crippen molar-refractivity contribution in [1.82, 2.24) is 4.31 Å². The molecule has 0 heterocycles. The molecule has 0 aromatic heterocycles. The number of halogens is 1. The van der Waals surface area contributed by atoms with Gasteiger partial charge in [0, 0.05) is 0 Å². The Hall–Kier alpha value is -2.20. The monoisotopic (exact) mass is 304 g/mol. The molecule has 0 aliphatic carbocycles. The van der Waals surface area contributed by atoms with E-state index in [2.05, 4.69) is 0 Å². The first kappa shape index (κ1) is 15.9. The van der Waals surface area contributed by atoms with Crippen molar-refractivity contribution in [2.45, 2.75) is 4.90 Å². The van der Waals surface area contributed by atoms with Gasteiger partial charge in [-0.1, -0.05) is 0 Å². The summed E-state index contributed by atoms with van der Waals surface area (Å²) in [6.45, 7) is -1.50. The Morgan fingerprint density at radius 1 is 1.15 bits per heavy atom. The van der Waals surface area contributed by atoms with E-state index in [0.717, 1.165) is 18.2 Å². The molecule has 1 aromatic rings. The first-order chi connectivity index (χ1) is 9.14. The van der Waals surface area contributed by atoms with E-state index >= 15 is 0 Å². The number of hydrogen-bond acceptors (Lipinski definition) is 5. The molecule has 0 aliphatic heterocycles. The lowest BCUT2D eigenvalue weighted by atomic mass is 10.3. The van der Waals surface area contributed by atoms with Crippen LogP contribution in [0, 0.1) is 5.82 Å². The highest BCUT2D eigenvalue weighted by Gasteiger charge is 2.29. The Labute approximate surface area is 114 Å². The number of primary amides is 2. The number of carbonyl (C=O) groups excluding carboxylic acids is 2. The van der Waals surface area contributed by atoms with E-state index in [1.54, 1.807) is 0 Å². The van der Waals surface area contributed by atoms with Gasteiger partial charge in [0.2, 0.25) is 21.8 Å². The molecule has 0 fully saturated rings. The summed E-state index contributed by atoms with van der Waals surface area (Å²) in [6.07, 6.45) is 0. The molecule has 2 amide bonds. The maximum Gasteiger partial charge on any atom is 0.246 e. The number of sulfonamides is 1. The fraction of sp³-hybridized carbons (Fsp3) is 0.200. The molecule has 0 saturated carbocycles. The van der Waals surface area contributed by atoms with Crippen molar-refractivity contribution in [2.75, 3.05) is 18.8 Å². The molecule has 0 saturated heterocycles. The molecule has 1 aromatic carbocycles. The average molecular weight is 304 g/mol.